The van der Waals surface area contributed by atoms with Gasteiger partial charge in [0, 0.05) is 89.3 Å². The maximum absolute atomic E-state index is 14.3. The van der Waals surface area contributed by atoms with E-state index in [9.17, 15) is 24.2 Å². The summed E-state index contributed by atoms with van der Waals surface area (Å²) in [5, 5.41) is 24.4. The zero-order valence-corrected chi connectivity index (χ0v) is 41.0. The molecule has 72 heavy (non-hydrogen) atoms. The van der Waals surface area contributed by atoms with E-state index in [-0.39, 0.29) is 49.4 Å². The van der Waals surface area contributed by atoms with Gasteiger partial charge in [0.05, 0.1) is 31.3 Å². The van der Waals surface area contributed by atoms with Gasteiger partial charge in [0.2, 0.25) is 0 Å². The van der Waals surface area contributed by atoms with E-state index in [0.717, 1.165) is 78.7 Å². The molecule has 2 atom stereocenters. The number of morpholine rings is 1. The van der Waals surface area contributed by atoms with Crippen LogP contribution >= 0.6 is 0 Å². The molecule has 0 bridgehead atoms. The van der Waals surface area contributed by atoms with Crippen molar-refractivity contribution in [2.24, 2.45) is 5.73 Å². The van der Waals surface area contributed by atoms with Crippen LogP contribution in [0.1, 0.15) is 72.4 Å². The third kappa shape index (κ3) is 11.7. The van der Waals surface area contributed by atoms with Gasteiger partial charge in [0.1, 0.15) is 47.5 Å². The van der Waals surface area contributed by atoms with E-state index in [1.54, 1.807) is 18.4 Å². The van der Waals surface area contributed by atoms with Gasteiger partial charge in [-0.05, 0) is 88.8 Å². The topological polar surface area (TPSA) is 170 Å². The van der Waals surface area contributed by atoms with Crippen LogP contribution < -0.4 is 20.5 Å². The number of rotatable bonds is 19. The maximum Gasteiger partial charge on any atom is 0.307 e. The third-order valence-corrected chi connectivity index (χ3v) is 13.0. The Kier molecular flexibility index (Phi) is 14.9. The maximum atomic E-state index is 14.3. The number of benzene rings is 6. The summed E-state index contributed by atoms with van der Waals surface area (Å²) in [6, 6.07) is 38.2. The zero-order chi connectivity index (χ0) is 50.5. The van der Waals surface area contributed by atoms with E-state index in [1.165, 1.54) is 18.2 Å². The molecule has 5 N–H and O–H groups in total. The van der Waals surface area contributed by atoms with Gasteiger partial charge in [-0.1, -0.05) is 87.5 Å². The van der Waals surface area contributed by atoms with Crippen LogP contribution in [0.3, 0.4) is 0 Å². The molecule has 9 rings (SSSR count). The number of carboxylic acids is 2. The quantitative estimate of drug-likeness (QED) is 0.0606. The summed E-state index contributed by atoms with van der Waals surface area (Å²) in [5.74, 6) is -1.01. The lowest BCUT2D eigenvalue weighted by Gasteiger charge is -2.37. The summed E-state index contributed by atoms with van der Waals surface area (Å²) in [5.41, 5.74) is 17.1. The SMILES string of the molecule is C[C@@H]1CN(Cc2cc(-c3cccc(CN)c3)cc3c(COc4ccccc4CC(=O)O)coc23)C[C@H](CNCc2cccc(-c3ccc4oc(C(C)(C)C)c(COc5cc(F)ccc5CC(=O)O)c4c3)c2)O1. The highest BCUT2D eigenvalue weighted by atomic mass is 19.1. The number of nitrogens with one attached hydrogen (secondary N) is 1. The Bertz CT molecular complexity index is 3240. The van der Waals surface area contributed by atoms with Crippen LogP contribution in [0.5, 0.6) is 11.5 Å². The Morgan fingerprint density at radius 2 is 1.43 bits per heavy atom. The number of nitrogens with zero attached hydrogens (tertiary/aromatic N) is 1. The van der Waals surface area contributed by atoms with E-state index in [2.05, 4.69) is 92.5 Å². The van der Waals surface area contributed by atoms with E-state index in [4.69, 9.17) is 28.8 Å². The molecule has 372 valence electrons. The van der Waals surface area contributed by atoms with Gasteiger partial charge in [-0.2, -0.15) is 0 Å². The van der Waals surface area contributed by atoms with Gasteiger partial charge in [-0.3, -0.25) is 14.5 Å². The molecule has 3 heterocycles. The fraction of sp³-hybridized carbons (Fsp3) is 0.288. The number of carboxylic acid groups (broad SMARTS) is 2. The summed E-state index contributed by atoms with van der Waals surface area (Å²) >= 11 is 0. The number of para-hydroxylation sites is 1. The Balaban J connectivity index is 0.896. The van der Waals surface area contributed by atoms with E-state index in [1.807, 2.05) is 36.4 Å². The molecule has 6 aromatic carbocycles. The van der Waals surface area contributed by atoms with Crippen molar-refractivity contribution in [3.63, 3.8) is 0 Å². The number of hydrogen-bond donors (Lipinski definition) is 4. The molecule has 12 nitrogen and oxygen atoms in total. The van der Waals surface area contributed by atoms with Crippen molar-refractivity contribution in [2.45, 2.75) is 91.0 Å². The third-order valence-electron chi connectivity index (χ3n) is 13.0. The minimum atomic E-state index is -1.03. The normalized spacial score (nSPS) is 15.3. The standard InChI is InChI=1S/C59H60FN3O9/c1-36-30-63(31-45-21-44(40-13-7-9-37(19-40)27-61)23-49-46(34-70-57(45)49)33-68-52-14-6-5-11-42(52)24-55(64)65)32-48(71-36)29-62-28-38-10-8-12-39(20-38)41-16-18-53-50(22-41)51(58(72-53)59(2,3)4)35-69-54-26-47(60)17-15-43(54)25-56(66)67/h5-23,26,34,36,48,62H,24-25,27-33,35,61H2,1-4H3,(H,64,65)(H,66,67)/t36-,48+/m1/s1. The predicted octanol–water partition coefficient (Wildman–Crippen LogP) is 11.2. The van der Waals surface area contributed by atoms with Crippen LogP contribution in [-0.4, -0.2) is 58.9 Å². The van der Waals surface area contributed by atoms with Gasteiger partial charge in [0.15, 0.2) is 0 Å². The average molecular weight is 974 g/mol. The van der Waals surface area contributed by atoms with Crippen molar-refractivity contribution in [1.29, 1.82) is 0 Å². The molecule has 1 fully saturated rings. The van der Waals surface area contributed by atoms with Gasteiger partial charge in [-0.25, -0.2) is 4.39 Å². The Hall–Kier alpha value is -7.29. The average Bonchev–Trinajstić information content (AvgIpc) is 3.95. The van der Waals surface area contributed by atoms with Crippen molar-refractivity contribution >= 4 is 33.9 Å². The molecular formula is C59H60FN3O9. The molecule has 0 unspecified atom stereocenters. The summed E-state index contributed by atoms with van der Waals surface area (Å²) in [6.07, 6.45) is 1.23. The number of fused-ring (bicyclic) bond motifs is 2. The minimum absolute atomic E-state index is 0.00667. The first-order valence-electron chi connectivity index (χ1n) is 24.3. The van der Waals surface area contributed by atoms with Gasteiger partial charge in [0.25, 0.3) is 0 Å². The van der Waals surface area contributed by atoms with E-state index >= 15 is 0 Å². The number of furan rings is 2. The second-order valence-corrected chi connectivity index (χ2v) is 19.7. The van der Waals surface area contributed by atoms with E-state index in [0.29, 0.717) is 55.2 Å². The number of aliphatic carboxylic acids is 2. The van der Waals surface area contributed by atoms with Gasteiger partial charge >= 0.3 is 11.9 Å². The van der Waals surface area contributed by atoms with Crippen LogP contribution in [0.25, 0.3) is 44.2 Å². The summed E-state index contributed by atoms with van der Waals surface area (Å²) < 4.78 is 46.0. The lowest BCUT2D eigenvalue weighted by molar-refractivity contribution is -0.137. The molecule has 0 amide bonds. The van der Waals surface area contributed by atoms with Crippen molar-refractivity contribution < 1.29 is 47.2 Å². The van der Waals surface area contributed by atoms with Crippen molar-refractivity contribution in [3.8, 4) is 33.8 Å². The second kappa shape index (κ2) is 21.6. The van der Waals surface area contributed by atoms with Crippen LogP contribution in [0.4, 0.5) is 4.39 Å². The minimum Gasteiger partial charge on any atom is -0.488 e. The summed E-state index contributed by atoms with van der Waals surface area (Å²) in [4.78, 5) is 25.6. The molecule has 1 saturated heterocycles. The fourth-order valence-electron chi connectivity index (χ4n) is 9.70. The molecule has 13 heteroatoms. The van der Waals surface area contributed by atoms with Gasteiger partial charge in [-0.15, -0.1) is 0 Å². The first-order chi connectivity index (χ1) is 34.7. The first kappa shape index (κ1) is 49.7. The molecule has 8 aromatic rings. The number of ether oxygens (including phenoxy) is 3. The van der Waals surface area contributed by atoms with Crippen molar-refractivity contribution in [2.75, 3.05) is 19.6 Å². The lowest BCUT2D eigenvalue weighted by Crippen LogP contribution is -2.49. The van der Waals surface area contributed by atoms with Crippen molar-refractivity contribution in [3.05, 3.63) is 178 Å². The number of nitrogens with two attached hydrogens (primary N) is 1. The van der Waals surface area contributed by atoms with E-state index < -0.39 is 17.8 Å². The Morgan fingerprint density at radius 3 is 2.19 bits per heavy atom. The molecule has 2 aromatic heterocycles. The fourth-order valence-corrected chi connectivity index (χ4v) is 9.70. The molecule has 1 aliphatic rings. The zero-order valence-electron chi connectivity index (χ0n) is 41.0. The summed E-state index contributed by atoms with van der Waals surface area (Å²) in [6.45, 7) is 12.3. The molecular weight excluding hydrogens is 914 g/mol. The molecule has 0 spiro atoms. The highest BCUT2D eigenvalue weighted by Crippen LogP contribution is 2.38. The van der Waals surface area contributed by atoms with Crippen LogP contribution in [0, 0.1) is 5.82 Å². The van der Waals surface area contributed by atoms with Crippen LogP contribution in [0.2, 0.25) is 0 Å². The Labute approximate surface area is 418 Å². The lowest BCUT2D eigenvalue weighted by atomic mass is 9.89. The molecule has 0 saturated carbocycles. The van der Waals surface area contributed by atoms with Crippen LogP contribution in [-0.2, 0) is 65.4 Å². The predicted molar refractivity (Wildman–Crippen MR) is 275 cm³/mol. The van der Waals surface area contributed by atoms with Gasteiger partial charge < -0.3 is 44.3 Å². The number of halogens is 1. The molecule has 0 aliphatic carbocycles. The van der Waals surface area contributed by atoms with Crippen LogP contribution in [0.15, 0.2) is 136 Å². The summed E-state index contributed by atoms with van der Waals surface area (Å²) in [7, 11) is 0. The van der Waals surface area contributed by atoms with Crippen molar-refractivity contribution in [1.82, 2.24) is 10.2 Å². The Morgan fingerprint density at radius 1 is 0.736 bits per heavy atom. The smallest absolute Gasteiger partial charge is 0.307 e. The monoisotopic (exact) mass is 973 g/mol. The number of hydrogen-bond acceptors (Lipinski definition) is 10. The molecule has 0 radical (unpaired) electrons. The largest absolute Gasteiger partial charge is 0.488 e. The highest BCUT2D eigenvalue weighted by Gasteiger charge is 2.28. The highest BCUT2D eigenvalue weighted by molar-refractivity contribution is 5.90. The second-order valence-electron chi connectivity index (χ2n) is 19.7. The first-order valence-corrected chi connectivity index (χ1v) is 24.3. The molecule has 1 aliphatic heterocycles. The number of carbonyl (C=O) groups is 2.